The van der Waals surface area contributed by atoms with E-state index in [9.17, 15) is 14.9 Å². The molecule has 0 radical (unpaired) electrons. The third-order valence-corrected chi connectivity index (χ3v) is 4.61. The molecule has 0 aliphatic carbocycles. The minimum atomic E-state index is -1.14. The molecule has 1 aliphatic rings. The van der Waals surface area contributed by atoms with Crippen LogP contribution in [-0.4, -0.2) is 22.1 Å². The van der Waals surface area contributed by atoms with Gasteiger partial charge in [0.15, 0.2) is 5.66 Å². The zero-order valence-electron chi connectivity index (χ0n) is 14.9. The first-order chi connectivity index (χ1) is 13.5. The fourth-order valence-corrected chi connectivity index (χ4v) is 3.17. The van der Waals surface area contributed by atoms with Gasteiger partial charge in [0, 0.05) is 23.4 Å². The standard InChI is InChI=1S/C20H16N4O4/c1-20(14-6-4-7-15(12-14)24(26)27)22-18-10-3-2-9-17(18)19(25)23(20)21-13-16-8-5-11-28-16/h2-13,22H,1H3/t20-/m0/s1. The van der Waals surface area contributed by atoms with Gasteiger partial charge in [0.1, 0.15) is 5.76 Å². The Kier molecular flexibility index (Phi) is 4.15. The van der Waals surface area contributed by atoms with Gasteiger partial charge >= 0.3 is 0 Å². The Balaban J connectivity index is 1.85. The summed E-state index contributed by atoms with van der Waals surface area (Å²) in [5.74, 6) is 0.152. The molecule has 0 fully saturated rings. The fourth-order valence-electron chi connectivity index (χ4n) is 3.17. The highest BCUT2D eigenvalue weighted by Gasteiger charge is 2.43. The lowest BCUT2D eigenvalue weighted by Crippen LogP contribution is -2.53. The predicted octanol–water partition coefficient (Wildman–Crippen LogP) is 3.96. The van der Waals surface area contributed by atoms with E-state index < -0.39 is 10.6 Å². The number of fused-ring (bicyclic) bond motifs is 1. The molecule has 1 N–H and O–H groups in total. The molecule has 0 spiro atoms. The SMILES string of the molecule is C[C@]1(c2cccc([N+](=O)[O-])c2)Nc2ccccc2C(=O)N1N=Cc1ccco1. The number of para-hydroxylation sites is 1. The molecule has 1 atom stereocenters. The number of non-ortho nitro benzene ring substituents is 1. The highest BCUT2D eigenvalue weighted by molar-refractivity contribution is 6.02. The summed E-state index contributed by atoms with van der Waals surface area (Å²) in [6, 6.07) is 16.6. The number of amides is 1. The minimum Gasteiger partial charge on any atom is -0.463 e. The van der Waals surface area contributed by atoms with Crippen molar-refractivity contribution >= 4 is 23.5 Å². The smallest absolute Gasteiger partial charge is 0.278 e. The topological polar surface area (TPSA) is 101 Å². The van der Waals surface area contributed by atoms with Crippen LogP contribution in [0.1, 0.15) is 28.6 Å². The quantitative estimate of drug-likeness (QED) is 0.422. The summed E-state index contributed by atoms with van der Waals surface area (Å²) in [5.41, 5.74) is 0.413. The van der Waals surface area contributed by atoms with E-state index in [4.69, 9.17) is 4.42 Å². The Morgan fingerprint density at radius 3 is 2.75 bits per heavy atom. The van der Waals surface area contributed by atoms with Gasteiger partial charge in [-0.25, -0.2) is 0 Å². The van der Waals surface area contributed by atoms with Crippen molar-refractivity contribution in [2.45, 2.75) is 12.6 Å². The summed E-state index contributed by atoms with van der Waals surface area (Å²) in [5, 5.41) is 20.1. The zero-order chi connectivity index (χ0) is 19.7. The van der Waals surface area contributed by atoms with Crippen LogP contribution in [0.5, 0.6) is 0 Å². The summed E-state index contributed by atoms with van der Waals surface area (Å²) in [6.45, 7) is 1.75. The van der Waals surface area contributed by atoms with Crippen molar-refractivity contribution < 1.29 is 14.1 Å². The van der Waals surface area contributed by atoms with Crippen LogP contribution >= 0.6 is 0 Å². The van der Waals surface area contributed by atoms with Gasteiger partial charge in [0.25, 0.3) is 11.6 Å². The number of nitrogens with zero attached hydrogens (tertiary/aromatic N) is 3. The maximum atomic E-state index is 13.2. The molecule has 140 valence electrons. The minimum absolute atomic E-state index is 0.0678. The van der Waals surface area contributed by atoms with Gasteiger partial charge in [0.05, 0.1) is 23.0 Å². The van der Waals surface area contributed by atoms with Gasteiger partial charge in [-0.1, -0.05) is 24.3 Å². The average molecular weight is 376 g/mol. The number of hydrogen-bond acceptors (Lipinski definition) is 6. The number of hydrazone groups is 1. The summed E-state index contributed by atoms with van der Waals surface area (Å²) in [6.07, 6.45) is 2.94. The van der Waals surface area contributed by atoms with Crippen LogP contribution < -0.4 is 5.32 Å². The molecule has 4 rings (SSSR count). The highest BCUT2D eigenvalue weighted by atomic mass is 16.6. The van der Waals surface area contributed by atoms with Gasteiger partial charge in [0.2, 0.25) is 0 Å². The van der Waals surface area contributed by atoms with Crippen molar-refractivity contribution in [2.24, 2.45) is 5.10 Å². The molecule has 1 aromatic heterocycles. The maximum Gasteiger partial charge on any atom is 0.278 e. The number of carbonyl (C=O) groups is 1. The third kappa shape index (κ3) is 2.90. The second-order valence-corrected chi connectivity index (χ2v) is 6.43. The van der Waals surface area contributed by atoms with E-state index in [2.05, 4.69) is 10.4 Å². The average Bonchev–Trinajstić information content (AvgIpc) is 3.21. The molecule has 0 saturated carbocycles. The molecule has 0 bridgehead atoms. The number of nitro benzene ring substituents is 1. The van der Waals surface area contributed by atoms with E-state index in [1.165, 1.54) is 29.6 Å². The lowest BCUT2D eigenvalue weighted by molar-refractivity contribution is -0.385. The Labute approximate surface area is 160 Å². The third-order valence-electron chi connectivity index (χ3n) is 4.61. The van der Waals surface area contributed by atoms with Gasteiger partial charge in [-0.05, 0) is 31.2 Å². The van der Waals surface area contributed by atoms with E-state index >= 15 is 0 Å². The number of carbonyl (C=O) groups excluding carboxylic acids is 1. The van der Waals surface area contributed by atoms with Crippen molar-refractivity contribution in [3.8, 4) is 0 Å². The first-order valence-corrected chi connectivity index (χ1v) is 8.53. The molecule has 0 unspecified atom stereocenters. The predicted molar refractivity (Wildman–Crippen MR) is 103 cm³/mol. The van der Waals surface area contributed by atoms with Crippen molar-refractivity contribution in [3.63, 3.8) is 0 Å². The summed E-state index contributed by atoms with van der Waals surface area (Å²) in [7, 11) is 0. The summed E-state index contributed by atoms with van der Waals surface area (Å²) < 4.78 is 5.26. The number of hydrogen-bond donors (Lipinski definition) is 1. The molecule has 8 nitrogen and oxygen atoms in total. The van der Waals surface area contributed by atoms with Crippen molar-refractivity contribution in [3.05, 3.63) is 93.9 Å². The summed E-state index contributed by atoms with van der Waals surface area (Å²) in [4.78, 5) is 23.9. The molecule has 1 aliphatic heterocycles. The summed E-state index contributed by atoms with van der Waals surface area (Å²) >= 11 is 0. The number of rotatable bonds is 4. The first-order valence-electron chi connectivity index (χ1n) is 8.53. The highest BCUT2D eigenvalue weighted by Crippen LogP contribution is 2.38. The van der Waals surface area contributed by atoms with Crippen molar-refractivity contribution in [1.29, 1.82) is 0 Å². The number of nitrogens with one attached hydrogen (secondary N) is 1. The van der Waals surface area contributed by atoms with E-state index in [0.29, 0.717) is 22.6 Å². The van der Waals surface area contributed by atoms with Crippen LogP contribution in [0.4, 0.5) is 11.4 Å². The largest absolute Gasteiger partial charge is 0.463 e. The molecular weight excluding hydrogens is 360 g/mol. The number of benzene rings is 2. The Hall–Kier alpha value is -3.94. The normalized spacial score (nSPS) is 18.8. The molecule has 3 aromatic rings. The van der Waals surface area contributed by atoms with Crippen LogP contribution in [0.15, 0.2) is 76.4 Å². The van der Waals surface area contributed by atoms with Gasteiger partial charge in [-0.15, -0.1) is 0 Å². The fraction of sp³-hybridized carbons (Fsp3) is 0.100. The van der Waals surface area contributed by atoms with Crippen LogP contribution in [0.3, 0.4) is 0 Å². The Morgan fingerprint density at radius 2 is 2.00 bits per heavy atom. The maximum absolute atomic E-state index is 13.2. The number of furan rings is 1. The van der Waals surface area contributed by atoms with E-state index in [-0.39, 0.29) is 11.6 Å². The Morgan fingerprint density at radius 1 is 1.18 bits per heavy atom. The van der Waals surface area contributed by atoms with Crippen molar-refractivity contribution in [1.82, 2.24) is 5.01 Å². The Bertz CT molecular complexity index is 1080. The van der Waals surface area contributed by atoms with Gasteiger partial charge in [-0.2, -0.15) is 10.1 Å². The van der Waals surface area contributed by atoms with E-state index in [0.717, 1.165) is 0 Å². The van der Waals surface area contributed by atoms with Gasteiger partial charge in [-0.3, -0.25) is 14.9 Å². The lowest BCUT2D eigenvalue weighted by atomic mass is 9.95. The zero-order valence-corrected chi connectivity index (χ0v) is 14.9. The second kappa shape index (κ2) is 6.66. The van der Waals surface area contributed by atoms with Crippen LogP contribution in [0.2, 0.25) is 0 Å². The van der Waals surface area contributed by atoms with Crippen LogP contribution in [0.25, 0.3) is 0 Å². The van der Waals surface area contributed by atoms with Crippen molar-refractivity contribution in [2.75, 3.05) is 5.32 Å². The molecular formula is C20H16N4O4. The van der Waals surface area contributed by atoms with E-state index in [1.54, 1.807) is 49.4 Å². The monoisotopic (exact) mass is 376 g/mol. The lowest BCUT2D eigenvalue weighted by Gasteiger charge is -2.43. The van der Waals surface area contributed by atoms with Crippen LogP contribution in [0, 0.1) is 10.1 Å². The first kappa shape index (κ1) is 17.5. The molecule has 28 heavy (non-hydrogen) atoms. The molecule has 2 aromatic carbocycles. The van der Waals surface area contributed by atoms with Crippen LogP contribution in [-0.2, 0) is 5.66 Å². The molecule has 8 heteroatoms. The molecule has 1 amide bonds. The number of nitro groups is 1. The number of anilines is 1. The molecule has 2 heterocycles. The second-order valence-electron chi connectivity index (χ2n) is 6.43. The van der Waals surface area contributed by atoms with Gasteiger partial charge < -0.3 is 9.73 Å². The van der Waals surface area contributed by atoms with E-state index in [1.807, 2.05) is 6.07 Å². The molecule has 0 saturated heterocycles.